The minimum Gasteiger partial charge on any atom is -0.497 e. The molecule has 0 fully saturated rings. The van der Waals surface area contributed by atoms with Crippen LogP contribution < -0.4 is 15.4 Å². The minimum atomic E-state index is -0.194. The number of pyridine rings is 1. The molecule has 2 aromatic carbocycles. The molecule has 1 amide bonds. The van der Waals surface area contributed by atoms with Gasteiger partial charge in [-0.2, -0.15) is 0 Å². The number of carbonyl (C=O) groups excluding carboxylic acids is 1. The fourth-order valence-electron chi connectivity index (χ4n) is 3.24. The highest BCUT2D eigenvalue weighted by atomic mass is 16.5. The summed E-state index contributed by atoms with van der Waals surface area (Å²) in [5, 5.41) is 7.41. The van der Waals surface area contributed by atoms with Gasteiger partial charge in [0.1, 0.15) is 11.6 Å². The second kappa shape index (κ2) is 8.48. The first-order chi connectivity index (χ1) is 14.2. The van der Waals surface area contributed by atoms with Crippen LogP contribution in [0.3, 0.4) is 0 Å². The van der Waals surface area contributed by atoms with Gasteiger partial charge in [-0.25, -0.2) is 4.98 Å². The van der Waals surface area contributed by atoms with Crippen molar-refractivity contribution in [1.82, 2.24) is 9.97 Å². The quantitative estimate of drug-likeness (QED) is 0.438. The van der Waals surface area contributed by atoms with Crippen molar-refractivity contribution in [2.45, 2.75) is 6.42 Å². The summed E-state index contributed by atoms with van der Waals surface area (Å²) < 4.78 is 5.19. The maximum atomic E-state index is 12.6. The van der Waals surface area contributed by atoms with Gasteiger partial charge in [-0.05, 0) is 42.3 Å². The van der Waals surface area contributed by atoms with Crippen LogP contribution in [0.2, 0.25) is 0 Å². The fourth-order valence-corrected chi connectivity index (χ4v) is 3.24. The number of nitrogens with one attached hydrogen (secondary N) is 3. The number of aromatic amines is 1. The Kier molecular flexibility index (Phi) is 5.42. The Morgan fingerprint density at radius 2 is 2.00 bits per heavy atom. The number of rotatable bonds is 7. The largest absolute Gasteiger partial charge is 0.497 e. The second-order valence-corrected chi connectivity index (χ2v) is 6.65. The van der Waals surface area contributed by atoms with E-state index in [-0.39, 0.29) is 5.91 Å². The van der Waals surface area contributed by atoms with E-state index in [1.165, 1.54) is 10.9 Å². The van der Waals surface area contributed by atoms with Crippen LogP contribution in [0.25, 0.3) is 10.9 Å². The molecule has 2 aromatic heterocycles. The van der Waals surface area contributed by atoms with E-state index in [0.29, 0.717) is 22.8 Å². The molecule has 0 aliphatic rings. The van der Waals surface area contributed by atoms with Crippen LogP contribution in [0, 0.1) is 0 Å². The Labute approximate surface area is 168 Å². The molecule has 4 aromatic rings. The molecule has 0 saturated carbocycles. The fraction of sp³-hybridized carbons (Fsp3) is 0.130. The normalized spacial score (nSPS) is 10.7. The van der Waals surface area contributed by atoms with Gasteiger partial charge in [0, 0.05) is 47.2 Å². The molecule has 0 saturated heterocycles. The van der Waals surface area contributed by atoms with Gasteiger partial charge < -0.3 is 20.4 Å². The summed E-state index contributed by atoms with van der Waals surface area (Å²) in [6.07, 6.45) is 4.53. The van der Waals surface area contributed by atoms with Crippen molar-refractivity contribution in [1.29, 1.82) is 0 Å². The van der Waals surface area contributed by atoms with E-state index in [4.69, 9.17) is 4.74 Å². The lowest BCUT2D eigenvalue weighted by molar-refractivity contribution is 0.102. The van der Waals surface area contributed by atoms with E-state index in [1.807, 2.05) is 36.5 Å². The van der Waals surface area contributed by atoms with E-state index < -0.39 is 0 Å². The number of anilines is 2. The molecule has 0 bridgehead atoms. The van der Waals surface area contributed by atoms with Crippen LogP contribution >= 0.6 is 0 Å². The van der Waals surface area contributed by atoms with Crippen LogP contribution in [-0.2, 0) is 6.42 Å². The molecule has 29 heavy (non-hydrogen) atoms. The number of aromatic nitrogens is 2. The molecule has 0 aliphatic carbocycles. The lowest BCUT2D eigenvalue weighted by Crippen LogP contribution is -2.13. The minimum absolute atomic E-state index is 0.194. The smallest absolute Gasteiger partial charge is 0.255 e. The monoisotopic (exact) mass is 386 g/mol. The SMILES string of the molecule is COc1cccc(NC(=O)c2ccnc(NCCc3c[nH]c4ccccc34)c2)c1. The molecule has 6 nitrogen and oxygen atoms in total. The van der Waals surface area contributed by atoms with Gasteiger partial charge in [0.15, 0.2) is 0 Å². The predicted molar refractivity (Wildman–Crippen MR) is 116 cm³/mol. The average Bonchev–Trinajstić information content (AvgIpc) is 3.17. The third-order valence-electron chi connectivity index (χ3n) is 4.73. The molecule has 0 radical (unpaired) electrons. The molecular weight excluding hydrogens is 364 g/mol. The summed E-state index contributed by atoms with van der Waals surface area (Å²) in [5.74, 6) is 1.17. The standard InChI is InChI=1S/C23H22N4O2/c1-29-19-6-4-5-18(14-19)27-23(28)16-9-11-24-22(13-16)25-12-10-17-15-26-21-8-3-2-7-20(17)21/h2-9,11,13-15,26H,10,12H2,1H3,(H,24,25)(H,27,28). The Morgan fingerprint density at radius 3 is 2.90 bits per heavy atom. The first-order valence-corrected chi connectivity index (χ1v) is 9.43. The van der Waals surface area contributed by atoms with E-state index in [0.717, 1.165) is 18.5 Å². The number of ether oxygens (including phenoxy) is 1. The zero-order valence-corrected chi connectivity index (χ0v) is 16.1. The topological polar surface area (TPSA) is 79.0 Å². The van der Waals surface area contributed by atoms with Gasteiger partial charge in [-0.15, -0.1) is 0 Å². The van der Waals surface area contributed by atoms with Gasteiger partial charge in [0.05, 0.1) is 7.11 Å². The number of H-pyrrole nitrogens is 1. The Morgan fingerprint density at radius 1 is 1.10 bits per heavy atom. The molecule has 6 heteroatoms. The second-order valence-electron chi connectivity index (χ2n) is 6.65. The van der Waals surface area contributed by atoms with E-state index in [2.05, 4.69) is 32.7 Å². The lowest BCUT2D eigenvalue weighted by atomic mass is 10.1. The molecule has 0 unspecified atom stereocenters. The van der Waals surface area contributed by atoms with E-state index in [9.17, 15) is 4.79 Å². The molecule has 0 aliphatic heterocycles. The molecule has 4 rings (SSSR count). The number of para-hydroxylation sites is 1. The molecule has 3 N–H and O–H groups in total. The molecular formula is C23H22N4O2. The van der Waals surface area contributed by atoms with Gasteiger partial charge in [-0.1, -0.05) is 24.3 Å². The highest BCUT2D eigenvalue weighted by Crippen LogP contribution is 2.19. The Hall–Kier alpha value is -3.80. The number of carbonyl (C=O) groups is 1. The van der Waals surface area contributed by atoms with Crippen molar-refractivity contribution < 1.29 is 9.53 Å². The molecule has 0 spiro atoms. The lowest BCUT2D eigenvalue weighted by Gasteiger charge is -2.09. The number of nitrogens with zero attached hydrogens (tertiary/aromatic N) is 1. The average molecular weight is 386 g/mol. The van der Waals surface area contributed by atoms with E-state index in [1.54, 1.807) is 31.5 Å². The maximum Gasteiger partial charge on any atom is 0.255 e. The molecule has 2 heterocycles. The Balaban J connectivity index is 1.38. The summed E-state index contributed by atoms with van der Waals surface area (Å²) in [6, 6.07) is 19.0. The number of hydrogen-bond donors (Lipinski definition) is 3. The molecule has 146 valence electrons. The van der Waals surface area contributed by atoms with Crippen molar-refractivity contribution in [3.63, 3.8) is 0 Å². The zero-order valence-electron chi connectivity index (χ0n) is 16.1. The summed E-state index contributed by atoms with van der Waals surface area (Å²) in [7, 11) is 1.60. The summed E-state index contributed by atoms with van der Waals surface area (Å²) in [5.41, 5.74) is 3.61. The summed E-state index contributed by atoms with van der Waals surface area (Å²) >= 11 is 0. The Bertz CT molecular complexity index is 1140. The summed E-state index contributed by atoms with van der Waals surface area (Å²) in [6.45, 7) is 0.718. The number of methoxy groups -OCH3 is 1. The van der Waals surface area contributed by atoms with Gasteiger partial charge in [0.2, 0.25) is 0 Å². The van der Waals surface area contributed by atoms with Crippen molar-refractivity contribution in [2.24, 2.45) is 0 Å². The highest BCUT2D eigenvalue weighted by Gasteiger charge is 2.09. The van der Waals surface area contributed by atoms with Crippen LogP contribution in [0.1, 0.15) is 15.9 Å². The van der Waals surface area contributed by atoms with Crippen molar-refractivity contribution in [3.8, 4) is 5.75 Å². The number of benzene rings is 2. The first-order valence-electron chi connectivity index (χ1n) is 9.43. The van der Waals surface area contributed by atoms with Crippen molar-refractivity contribution in [2.75, 3.05) is 24.3 Å². The highest BCUT2D eigenvalue weighted by molar-refractivity contribution is 6.04. The van der Waals surface area contributed by atoms with Gasteiger partial charge >= 0.3 is 0 Å². The third kappa shape index (κ3) is 4.38. The summed E-state index contributed by atoms with van der Waals surface area (Å²) in [4.78, 5) is 20.2. The maximum absolute atomic E-state index is 12.6. The predicted octanol–water partition coefficient (Wildman–Crippen LogP) is 4.48. The zero-order chi connectivity index (χ0) is 20.1. The van der Waals surface area contributed by atoms with E-state index >= 15 is 0 Å². The van der Waals surface area contributed by atoms with Crippen LogP contribution in [0.15, 0.2) is 73.1 Å². The number of fused-ring (bicyclic) bond motifs is 1. The number of amides is 1. The van der Waals surface area contributed by atoms with Crippen molar-refractivity contribution in [3.05, 3.63) is 84.2 Å². The van der Waals surface area contributed by atoms with Crippen LogP contribution in [0.4, 0.5) is 11.5 Å². The van der Waals surface area contributed by atoms with Crippen LogP contribution in [0.5, 0.6) is 5.75 Å². The molecule has 0 atom stereocenters. The van der Waals surface area contributed by atoms with Crippen molar-refractivity contribution >= 4 is 28.3 Å². The first kappa shape index (κ1) is 18.6. The van der Waals surface area contributed by atoms with Crippen LogP contribution in [-0.4, -0.2) is 29.5 Å². The number of hydrogen-bond acceptors (Lipinski definition) is 4. The van der Waals surface area contributed by atoms with Gasteiger partial charge in [-0.3, -0.25) is 4.79 Å². The third-order valence-corrected chi connectivity index (χ3v) is 4.73. The van der Waals surface area contributed by atoms with Gasteiger partial charge in [0.25, 0.3) is 5.91 Å².